The van der Waals surface area contributed by atoms with Crippen molar-refractivity contribution >= 4 is 11.9 Å². The van der Waals surface area contributed by atoms with Gasteiger partial charge >= 0.3 is 11.9 Å². The lowest BCUT2D eigenvalue weighted by Gasteiger charge is -2.45. The van der Waals surface area contributed by atoms with Crippen LogP contribution in [-0.2, 0) is 23.8 Å². The molecule has 0 aliphatic heterocycles. The van der Waals surface area contributed by atoms with Crippen LogP contribution in [-0.4, -0.2) is 32.4 Å². The highest BCUT2D eigenvalue weighted by Crippen LogP contribution is 2.72. The Bertz CT molecular complexity index is 560. The van der Waals surface area contributed by atoms with Crippen LogP contribution in [0.1, 0.15) is 33.6 Å². The summed E-state index contributed by atoms with van der Waals surface area (Å²) < 4.78 is 15.6. The molecule has 0 N–H and O–H groups in total. The molecule has 4 aliphatic rings. The third-order valence-corrected chi connectivity index (χ3v) is 8.23. The van der Waals surface area contributed by atoms with Crippen LogP contribution in [0.4, 0.5) is 0 Å². The summed E-state index contributed by atoms with van der Waals surface area (Å²) in [6.07, 6.45) is 2.26. The lowest BCUT2D eigenvalue weighted by molar-refractivity contribution is -0.174. The van der Waals surface area contributed by atoms with E-state index >= 15 is 0 Å². The third-order valence-electron chi connectivity index (χ3n) is 8.23. The zero-order valence-electron chi connectivity index (χ0n) is 15.6. The van der Waals surface area contributed by atoms with Gasteiger partial charge in [-0.05, 0) is 67.1 Å². The lowest BCUT2D eigenvalue weighted by atomic mass is 9.59. The topological polar surface area (TPSA) is 61.8 Å². The first kappa shape index (κ1) is 17.3. The van der Waals surface area contributed by atoms with E-state index in [9.17, 15) is 9.59 Å². The summed E-state index contributed by atoms with van der Waals surface area (Å²) >= 11 is 0. The predicted molar refractivity (Wildman–Crippen MR) is 90.1 cm³/mol. The van der Waals surface area contributed by atoms with Crippen LogP contribution in [0.5, 0.6) is 0 Å². The van der Waals surface area contributed by atoms with Gasteiger partial charge in [0.25, 0.3) is 0 Å². The van der Waals surface area contributed by atoms with Crippen LogP contribution >= 0.6 is 0 Å². The summed E-state index contributed by atoms with van der Waals surface area (Å²) in [5, 5.41) is 0. The normalized spacial score (nSPS) is 49.3. The number of carbonyl (C=O) groups is 2. The Morgan fingerprint density at radius 2 is 1.40 bits per heavy atom. The van der Waals surface area contributed by atoms with E-state index in [0.717, 1.165) is 18.3 Å². The van der Waals surface area contributed by atoms with Crippen LogP contribution in [0.25, 0.3) is 0 Å². The maximum Gasteiger partial charge on any atom is 0.312 e. The van der Waals surface area contributed by atoms with Crippen molar-refractivity contribution in [3.05, 3.63) is 0 Å². The van der Waals surface area contributed by atoms with Gasteiger partial charge in [0.2, 0.25) is 0 Å². The van der Waals surface area contributed by atoms with Crippen molar-refractivity contribution in [3.8, 4) is 0 Å². The van der Waals surface area contributed by atoms with Gasteiger partial charge in [0.05, 0.1) is 18.9 Å². The molecule has 4 saturated carbocycles. The Morgan fingerprint density at radius 3 is 1.92 bits per heavy atom. The first-order valence-electron chi connectivity index (χ1n) is 9.83. The molecule has 0 aromatic carbocycles. The monoisotopic (exact) mass is 350 g/mol. The number of rotatable bonds is 5. The molecule has 25 heavy (non-hydrogen) atoms. The van der Waals surface area contributed by atoms with Crippen LogP contribution < -0.4 is 0 Å². The largest absolute Gasteiger partial charge is 0.469 e. The fraction of sp³-hybridized carbons (Fsp3) is 0.900. The first-order valence-corrected chi connectivity index (χ1v) is 9.83. The molecular formula is C20H30O5. The van der Waals surface area contributed by atoms with Gasteiger partial charge in [-0.2, -0.15) is 0 Å². The Morgan fingerprint density at radius 1 is 0.880 bits per heavy atom. The van der Waals surface area contributed by atoms with Gasteiger partial charge < -0.3 is 14.2 Å². The number of ether oxygens (including phenoxy) is 3. The van der Waals surface area contributed by atoms with Crippen LogP contribution in [0.2, 0.25) is 0 Å². The van der Waals surface area contributed by atoms with E-state index in [4.69, 9.17) is 14.2 Å². The lowest BCUT2D eigenvalue weighted by Crippen LogP contribution is -2.47. The molecule has 4 bridgehead atoms. The van der Waals surface area contributed by atoms with Crippen molar-refractivity contribution in [1.29, 1.82) is 0 Å². The standard InChI is InChI=1S/C20H30O5/c1-5-24-8-25-20(22)18-14-7-13(17(18)19(21)23-4)15-11-6-12(16(14)15)10(3)9(11)2/h9-18H,5-8H2,1-4H3. The molecule has 10 atom stereocenters. The quantitative estimate of drug-likeness (QED) is 0.330. The van der Waals surface area contributed by atoms with E-state index < -0.39 is 0 Å². The Hall–Kier alpha value is -1.10. The van der Waals surface area contributed by atoms with Crippen LogP contribution in [0.3, 0.4) is 0 Å². The smallest absolute Gasteiger partial charge is 0.312 e. The molecule has 0 spiro atoms. The van der Waals surface area contributed by atoms with Crippen LogP contribution in [0, 0.1) is 59.2 Å². The summed E-state index contributed by atoms with van der Waals surface area (Å²) in [7, 11) is 1.43. The van der Waals surface area contributed by atoms with Crippen molar-refractivity contribution in [1.82, 2.24) is 0 Å². The molecule has 140 valence electrons. The molecule has 4 aliphatic carbocycles. The second-order valence-electron chi connectivity index (χ2n) is 8.65. The number of esters is 2. The average Bonchev–Trinajstić information content (AvgIpc) is 3.32. The summed E-state index contributed by atoms with van der Waals surface area (Å²) in [4.78, 5) is 25.3. The van der Waals surface area contributed by atoms with Gasteiger partial charge in [-0.25, -0.2) is 0 Å². The summed E-state index contributed by atoms with van der Waals surface area (Å²) in [5.41, 5.74) is 0. The second-order valence-corrected chi connectivity index (χ2v) is 8.65. The number of methoxy groups -OCH3 is 1. The van der Waals surface area contributed by atoms with Crippen molar-refractivity contribution in [2.45, 2.75) is 33.6 Å². The van der Waals surface area contributed by atoms with Crippen LogP contribution in [0.15, 0.2) is 0 Å². The number of hydrogen-bond donors (Lipinski definition) is 0. The highest BCUT2D eigenvalue weighted by atomic mass is 16.7. The van der Waals surface area contributed by atoms with E-state index in [1.165, 1.54) is 13.5 Å². The van der Waals surface area contributed by atoms with E-state index in [2.05, 4.69) is 13.8 Å². The van der Waals surface area contributed by atoms with Gasteiger partial charge in [0.1, 0.15) is 0 Å². The molecule has 0 aromatic rings. The highest BCUT2D eigenvalue weighted by molar-refractivity contribution is 5.84. The average molecular weight is 350 g/mol. The zero-order valence-corrected chi connectivity index (χ0v) is 15.6. The zero-order chi connectivity index (χ0) is 17.9. The molecule has 4 rings (SSSR count). The molecular weight excluding hydrogens is 320 g/mol. The summed E-state index contributed by atoms with van der Waals surface area (Å²) in [6, 6.07) is 0. The first-order chi connectivity index (χ1) is 12.0. The van der Waals surface area contributed by atoms with Crippen molar-refractivity contribution in [3.63, 3.8) is 0 Å². The van der Waals surface area contributed by atoms with E-state index in [1.807, 2.05) is 6.92 Å². The van der Waals surface area contributed by atoms with E-state index in [0.29, 0.717) is 30.3 Å². The van der Waals surface area contributed by atoms with Gasteiger partial charge in [-0.15, -0.1) is 0 Å². The Labute approximate surface area is 149 Å². The molecule has 0 heterocycles. The van der Waals surface area contributed by atoms with Gasteiger partial charge in [0.15, 0.2) is 6.79 Å². The fourth-order valence-corrected chi connectivity index (χ4v) is 7.31. The maximum absolute atomic E-state index is 12.8. The van der Waals surface area contributed by atoms with E-state index in [1.54, 1.807) is 0 Å². The fourth-order valence-electron chi connectivity index (χ4n) is 7.31. The van der Waals surface area contributed by atoms with E-state index in [-0.39, 0.29) is 42.4 Å². The predicted octanol–water partition coefficient (Wildman–Crippen LogP) is 2.73. The number of carbonyl (C=O) groups excluding carboxylic acids is 2. The molecule has 0 amide bonds. The molecule has 0 aromatic heterocycles. The molecule has 5 heteroatoms. The van der Waals surface area contributed by atoms with Gasteiger partial charge in [0, 0.05) is 6.61 Å². The molecule has 5 nitrogen and oxygen atoms in total. The van der Waals surface area contributed by atoms with Crippen molar-refractivity contribution in [2.75, 3.05) is 20.5 Å². The van der Waals surface area contributed by atoms with Crippen molar-refractivity contribution < 1.29 is 23.8 Å². The molecule has 0 saturated heterocycles. The minimum Gasteiger partial charge on any atom is -0.469 e. The molecule has 4 fully saturated rings. The van der Waals surface area contributed by atoms with Gasteiger partial charge in [-0.3, -0.25) is 9.59 Å². The SMILES string of the molecule is CCOCOC(=O)C1C2CC(C1C(=O)OC)C1C3CC(C(C)C3C)C21. The maximum atomic E-state index is 12.8. The number of hydrogen-bond acceptors (Lipinski definition) is 5. The Kier molecular flexibility index (Phi) is 4.33. The van der Waals surface area contributed by atoms with Crippen molar-refractivity contribution in [2.24, 2.45) is 59.2 Å². The summed E-state index contributed by atoms with van der Waals surface area (Å²) in [5.74, 6) is 3.46. The second kappa shape index (κ2) is 6.26. The molecule has 10 unspecified atom stereocenters. The third kappa shape index (κ3) is 2.30. The number of fused-ring (bicyclic) bond motifs is 9. The highest BCUT2D eigenvalue weighted by Gasteiger charge is 2.71. The molecule has 0 radical (unpaired) electrons. The Balaban J connectivity index is 1.60. The minimum atomic E-state index is -0.346. The summed E-state index contributed by atoms with van der Waals surface area (Å²) in [6.45, 7) is 7.10. The van der Waals surface area contributed by atoms with Gasteiger partial charge in [-0.1, -0.05) is 13.8 Å². The minimum absolute atomic E-state index is 0.0231.